The van der Waals surface area contributed by atoms with Gasteiger partial charge in [0.15, 0.2) is 11.4 Å². The largest absolute Gasteiger partial charge is 0.444 e. The number of pyridine rings is 1. The number of likely N-dealkylation sites (N-methyl/N-ethyl adjacent to an activating group) is 1. The molecule has 17 heteroatoms. The maximum atomic E-state index is 13.9. The molecule has 288 valence electrons. The summed E-state index contributed by atoms with van der Waals surface area (Å²) < 4.78 is 40.4. The third kappa shape index (κ3) is 8.13. The van der Waals surface area contributed by atoms with Gasteiger partial charge in [-0.2, -0.15) is 5.10 Å². The molecule has 1 saturated heterocycles. The highest BCUT2D eigenvalue weighted by molar-refractivity contribution is 6.24. The van der Waals surface area contributed by atoms with Crippen molar-refractivity contribution in [3.8, 4) is 17.1 Å². The SMILES string of the molecule is CN(CCOCCCc1cccc2c1C(=O)N(C1CCC(=O)NC1=O)C2=O)Cc1ccc(-n2cc(NC(=O)c3coc(-c4ccncc4)n3)c(C(F)F)n2)cc1. The molecule has 0 aliphatic carbocycles. The number of amides is 5. The van der Waals surface area contributed by atoms with Gasteiger partial charge in [-0.05, 0) is 67.8 Å². The van der Waals surface area contributed by atoms with Crippen LogP contribution in [0.3, 0.4) is 0 Å². The van der Waals surface area contributed by atoms with Gasteiger partial charge >= 0.3 is 0 Å². The number of anilines is 1. The minimum atomic E-state index is -2.95. The minimum Gasteiger partial charge on any atom is -0.444 e. The van der Waals surface area contributed by atoms with Crippen molar-refractivity contribution in [2.24, 2.45) is 0 Å². The predicted molar refractivity (Wildman–Crippen MR) is 195 cm³/mol. The van der Waals surface area contributed by atoms with E-state index >= 15 is 0 Å². The molecule has 1 unspecified atom stereocenters. The summed E-state index contributed by atoms with van der Waals surface area (Å²) in [5, 5.41) is 8.69. The fourth-order valence-electron chi connectivity index (χ4n) is 6.59. The molecule has 0 spiro atoms. The molecule has 2 aliphatic rings. The summed E-state index contributed by atoms with van der Waals surface area (Å²) in [6.45, 7) is 2.07. The lowest BCUT2D eigenvalue weighted by Gasteiger charge is -2.27. The lowest BCUT2D eigenvalue weighted by molar-refractivity contribution is -0.136. The van der Waals surface area contributed by atoms with Gasteiger partial charge in [-0.1, -0.05) is 24.3 Å². The van der Waals surface area contributed by atoms with Gasteiger partial charge in [0.1, 0.15) is 12.3 Å². The highest BCUT2D eigenvalue weighted by Gasteiger charge is 2.45. The second-order valence-corrected chi connectivity index (χ2v) is 13.3. The Kier molecular flexibility index (Phi) is 11.1. The van der Waals surface area contributed by atoms with Crippen molar-refractivity contribution < 1.29 is 41.9 Å². The first kappa shape index (κ1) is 37.8. The number of carbonyl (C=O) groups is 5. The molecule has 3 aromatic heterocycles. The lowest BCUT2D eigenvalue weighted by atomic mass is 9.99. The molecule has 2 N–H and O–H groups in total. The van der Waals surface area contributed by atoms with E-state index in [0.29, 0.717) is 61.5 Å². The normalized spacial score (nSPS) is 15.5. The second-order valence-electron chi connectivity index (χ2n) is 13.3. The third-order valence-corrected chi connectivity index (χ3v) is 9.42. The highest BCUT2D eigenvalue weighted by Crippen LogP contribution is 2.31. The molecule has 0 radical (unpaired) electrons. The van der Waals surface area contributed by atoms with Crippen LogP contribution in [0.15, 0.2) is 83.9 Å². The first-order valence-corrected chi connectivity index (χ1v) is 17.8. The maximum absolute atomic E-state index is 13.9. The number of aromatic nitrogens is 4. The fourth-order valence-corrected chi connectivity index (χ4v) is 6.59. The average molecular weight is 767 g/mol. The van der Waals surface area contributed by atoms with E-state index in [1.807, 2.05) is 19.2 Å². The van der Waals surface area contributed by atoms with Crippen LogP contribution < -0.4 is 10.6 Å². The van der Waals surface area contributed by atoms with Gasteiger partial charge in [-0.15, -0.1) is 0 Å². The van der Waals surface area contributed by atoms with E-state index in [9.17, 15) is 32.8 Å². The van der Waals surface area contributed by atoms with Gasteiger partial charge in [0, 0.05) is 44.1 Å². The molecule has 5 heterocycles. The number of rotatable bonds is 15. The first-order chi connectivity index (χ1) is 27.1. The van der Waals surface area contributed by atoms with Crippen molar-refractivity contribution in [3.05, 3.63) is 113 Å². The first-order valence-electron chi connectivity index (χ1n) is 17.8. The molecular weight excluding hydrogens is 730 g/mol. The zero-order valence-electron chi connectivity index (χ0n) is 30.1. The number of nitrogens with zero attached hydrogens (tertiary/aromatic N) is 6. The summed E-state index contributed by atoms with van der Waals surface area (Å²) in [6, 6.07) is 14.6. The van der Waals surface area contributed by atoms with Crippen molar-refractivity contribution >= 4 is 35.2 Å². The van der Waals surface area contributed by atoms with Gasteiger partial charge in [-0.25, -0.2) is 18.4 Å². The molecule has 5 aromatic rings. The lowest BCUT2D eigenvalue weighted by Crippen LogP contribution is -2.54. The number of aryl methyl sites for hydroxylation is 1. The zero-order chi connectivity index (χ0) is 39.3. The van der Waals surface area contributed by atoms with Gasteiger partial charge in [0.25, 0.3) is 24.1 Å². The second kappa shape index (κ2) is 16.5. The number of oxazole rings is 1. The van der Waals surface area contributed by atoms with Gasteiger partial charge in [0.2, 0.25) is 17.7 Å². The standard InChI is InChI=1S/C39H36F2N8O7/c1-47(17-19-55-18-3-5-24-4-2-6-27-32(24)39(54)49(38(27)53)30-11-12-31(50)45-36(30)52)20-23-7-9-26(10-8-23)48-21-28(33(46-48)34(40)41)43-35(51)29-22-56-37(44-29)25-13-15-42-16-14-25/h2,4,6-10,13-16,21-22,30,34H,3,5,11-12,17-20H2,1H3,(H,43,51)(H,45,50,52). The van der Waals surface area contributed by atoms with Crippen molar-refractivity contribution in [1.29, 1.82) is 0 Å². The Hall–Kier alpha value is -6.46. The number of benzene rings is 2. The van der Waals surface area contributed by atoms with E-state index in [1.54, 1.807) is 54.9 Å². The van der Waals surface area contributed by atoms with E-state index in [4.69, 9.17) is 9.15 Å². The smallest absolute Gasteiger partial charge is 0.284 e. The Balaban J connectivity index is 0.871. The Morgan fingerprint density at radius 3 is 2.59 bits per heavy atom. The quantitative estimate of drug-likeness (QED) is 0.112. The van der Waals surface area contributed by atoms with Crippen LogP contribution in [-0.4, -0.2) is 91.9 Å². The van der Waals surface area contributed by atoms with Crippen LogP contribution in [0.4, 0.5) is 14.5 Å². The Bertz CT molecular complexity index is 2280. The number of ether oxygens (including phenoxy) is 1. The van der Waals surface area contributed by atoms with E-state index in [0.717, 1.165) is 16.7 Å². The van der Waals surface area contributed by atoms with Crippen LogP contribution in [0.1, 0.15) is 73.7 Å². The van der Waals surface area contributed by atoms with E-state index < -0.39 is 47.7 Å². The van der Waals surface area contributed by atoms with Crippen molar-refractivity contribution in [1.82, 2.24) is 34.9 Å². The van der Waals surface area contributed by atoms with Crippen LogP contribution in [0, 0.1) is 0 Å². The van der Waals surface area contributed by atoms with Crippen LogP contribution >= 0.6 is 0 Å². The summed E-state index contributed by atoms with van der Waals surface area (Å²) in [6.07, 6.45) is 3.86. The van der Waals surface area contributed by atoms with Gasteiger partial charge in [-0.3, -0.25) is 44.1 Å². The van der Waals surface area contributed by atoms with Crippen LogP contribution in [0.5, 0.6) is 0 Å². The molecule has 15 nitrogen and oxygen atoms in total. The molecule has 7 rings (SSSR count). The van der Waals surface area contributed by atoms with Crippen molar-refractivity contribution in [2.75, 3.05) is 32.1 Å². The number of hydrogen-bond acceptors (Lipinski definition) is 11. The number of halogens is 2. The Labute approximate surface area is 318 Å². The summed E-state index contributed by atoms with van der Waals surface area (Å²) >= 11 is 0. The number of alkyl halides is 2. The monoisotopic (exact) mass is 766 g/mol. The predicted octanol–water partition coefficient (Wildman–Crippen LogP) is 4.59. The summed E-state index contributed by atoms with van der Waals surface area (Å²) in [5.41, 5.74) is 2.49. The number of nitrogens with one attached hydrogen (secondary N) is 2. The number of hydrogen-bond donors (Lipinski definition) is 2. The number of imide groups is 2. The average Bonchev–Trinajstić information content (AvgIpc) is 3.91. The van der Waals surface area contributed by atoms with Crippen LogP contribution in [0.2, 0.25) is 0 Å². The van der Waals surface area contributed by atoms with Gasteiger partial charge in [0.05, 0.1) is 35.3 Å². The topological polar surface area (TPSA) is 182 Å². The molecule has 2 aliphatic heterocycles. The molecule has 1 atom stereocenters. The molecule has 5 amide bonds. The van der Waals surface area contributed by atoms with Crippen LogP contribution in [0.25, 0.3) is 17.1 Å². The number of piperidine rings is 1. The van der Waals surface area contributed by atoms with Crippen LogP contribution in [-0.2, 0) is 27.3 Å². The van der Waals surface area contributed by atoms with E-state index in [-0.39, 0.29) is 35.7 Å². The highest BCUT2D eigenvalue weighted by atomic mass is 19.3. The molecule has 2 aromatic carbocycles. The Morgan fingerprint density at radius 2 is 1.84 bits per heavy atom. The maximum Gasteiger partial charge on any atom is 0.284 e. The number of fused-ring (bicyclic) bond motifs is 1. The van der Waals surface area contributed by atoms with E-state index in [2.05, 4.69) is 30.6 Å². The molecule has 0 saturated carbocycles. The molecule has 1 fully saturated rings. The third-order valence-electron chi connectivity index (χ3n) is 9.42. The summed E-state index contributed by atoms with van der Waals surface area (Å²) in [7, 11) is 1.94. The summed E-state index contributed by atoms with van der Waals surface area (Å²) in [5.74, 6) is -2.67. The zero-order valence-corrected chi connectivity index (χ0v) is 30.1. The number of carbonyl (C=O) groups excluding carboxylic acids is 5. The molecule has 0 bridgehead atoms. The van der Waals surface area contributed by atoms with Crippen molar-refractivity contribution in [3.63, 3.8) is 0 Å². The van der Waals surface area contributed by atoms with Crippen molar-refractivity contribution in [2.45, 2.75) is 44.7 Å². The summed E-state index contributed by atoms with van der Waals surface area (Å²) in [4.78, 5) is 74.3. The molecule has 56 heavy (non-hydrogen) atoms. The minimum absolute atomic E-state index is 0.0566. The van der Waals surface area contributed by atoms with E-state index in [1.165, 1.54) is 10.9 Å². The molecular formula is C39H36F2N8O7. The fraction of sp³-hybridized carbons (Fsp3) is 0.282. The Morgan fingerprint density at radius 1 is 1.05 bits per heavy atom. The van der Waals surface area contributed by atoms with Gasteiger partial charge < -0.3 is 14.5 Å².